The molecule has 0 saturated carbocycles. The molecule has 1 unspecified atom stereocenters. The maximum atomic E-state index is 12.9. The highest BCUT2D eigenvalue weighted by atomic mass is 35.5. The maximum absolute atomic E-state index is 12.9. The molecule has 0 aliphatic rings. The summed E-state index contributed by atoms with van der Waals surface area (Å²) >= 11 is 7.43. The van der Waals surface area contributed by atoms with E-state index in [1.807, 2.05) is 24.4 Å². The number of alkyl halides is 1. The first kappa shape index (κ1) is 16.5. The minimum atomic E-state index is -3.66. The summed E-state index contributed by atoms with van der Waals surface area (Å²) in [4.78, 5) is 1.19. The predicted molar refractivity (Wildman–Crippen MR) is 85.4 cm³/mol. The fourth-order valence-corrected chi connectivity index (χ4v) is 5.31. The summed E-state index contributed by atoms with van der Waals surface area (Å²) < 4.78 is 32.6. The summed E-state index contributed by atoms with van der Waals surface area (Å²) in [6.45, 7) is 5.25. The van der Waals surface area contributed by atoms with Crippen molar-refractivity contribution in [2.24, 2.45) is 0 Å². The SMILES string of the molecule is Cc1oc(C)c(S(=O)(=O)N(C)C(C)c2cccs2)c1CCl. The van der Waals surface area contributed by atoms with E-state index in [9.17, 15) is 8.42 Å². The Hall–Kier alpha value is -0.820. The predicted octanol–water partition coefficient (Wildman–Crippen LogP) is 4.08. The van der Waals surface area contributed by atoms with Gasteiger partial charge in [0.25, 0.3) is 0 Å². The number of rotatable bonds is 5. The number of hydrogen-bond donors (Lipinski definition) is 0. The molecule has 0 saturated heterocycles. The summed E-state index contributed by atoms with van der Waals surface area (Å²) in [7, 11) is -2.07. The van der Waals surface area contributed by atoms with Gasteiger partial charge in [0.05, 0.1) is 11.9 Å². The second kappa shape index (κ2) is 6.12. The molecule has 2 rings (SSSR count). The molecule has 7 heteroatoms. The molecule has 0 aliphatic carbocycles. The van der Waals surface area contributed by atoms with Crippen LogP contribution >= 0.6 is 22.9 Å². The molecule has 4 nitrogen and oxygen atoms in total. The maximum Gasteiger partial charge on any atom is 0.247 e. The number of thiophene rings is 1. The van der Waals surface area contributed by atoms with E-state index < -0.39 is 10.0 Å². The standard InChI is InChI=1S/C14H18ClNO3S2/c1-9(13-6-5-7-20-13)16(4)21(17,18)14-11(3)19-10(2)12(14)8-15/h5-7,9H,8H2,1-4H3. The summed E-state index contributed by atoms with van der Waals surface area (Å²) in [6.07, 6.45) is 0. The Morgan fingerprint density at radius 1 is 1.38 bits per heavy atom. The van der Waals surface area contributed by atoms with Gasteiger partial charge in [-0.1, -0.05) is 6.07 Å². The molecule has 0 N–H and O–H groups in total. The molecular formula is C14H18ClNO3S2. The van der Waals surface area contributed by atoms with Crippen LogP contribution in [0.15, 0.2) is 26.8 Å². The van der Waals surface area contributed by atoms with Crippen LogP contribution < -0.4 is 0 Å². The van der Waals surface area contributed by atoms with Gasteiger partial charge in [0, 0.05) is 17.5 Å². The van der Waals surface area contributed by atoms with Crippen molar-refractivity contribution < 1.29 is 12.8 Å². The van der Waals surface area contributed by atoms with Gasteiger partial charge in [-0.3, -0.25) is 0 Å². The van der Waals surface area contributed by atoms with Gasteiger partial charge in [0.1, 0.15) is 16.4 Å². The van der Waals surface area contributed by atoms with Gasteiger partial charge in [0.15, 0.2) is 0 Å². The van der Waals surface area contributed by atoms with Crippen molar-refractivity contribution in [2.45, 2.75) is 37.6 Å². The average Bonchev–Trinajstić information content (AvgIpc) is 3.04. The second-order valence-electron chi connectivity index (χ2n) is 4.87. The molecule has 116 valence electrons. The molecule has 0 aliphatic heterocycles. The molecule has 0 spiro atoms. The number of sulfonamides is 1. The minimum Gasteiger partial charge on any atom is -0.465 e. The molecular weight excluding hydrogens is 330 g/mol. The number of aryl methyl sites for hydroxylation is 2. The Balaban J connectivity index is 2.47. The highest BCUT2D eigenvalue weighted by Crippen LogP contribution is 2.34. The third-order valence-electron chi connectivity index (χ3n) is 3.60. The lowest BCUT2D eigenvalue weighted by Gasteiger charge is -2.23. The van der Waals surface area contributed by atoms with Gasteiger partial charge in [-0.25, -0.2) is 8.42 Å². The molecule has 2 aromatic rings. The highest BCUT2D eigenvalue weighted by Gasteiger charge is 2.33. The van der Waals surface area contributed by atoms with Crippen LogP contribution in [0, 0.1) is 13.8 Å². The van der Waals surface area contributed by atoms with Crippen molar-refractivity contribution in [3.05, 3.63) is 39.5 Å². The van der Waals surface area contributed by atoms with E-state index in [1.54, 1.807) is 20.9 Å². The van der Waals surface area contributed by atoms with Crippen LogP contribution in [0.25, 0.3) is 0 Å². The van der Waals surface area contributed by atoms with Crippen LogP contribution in [0.4, 0.5) is 0 Å². The molecule has 21 heavy (non-hydrogen) atoms. The summed E-state index contributed by atoms with van der Waals surface area (Å²) in [5.41, 5.74) is 0.541. The van der Waals surface area contributed by atoms with Crippen LogP contribution in [0.3, 0.4) is 0 Å². The number of hydrogen-bond acceptors (Lipinski definition) is 4. The molecule has 2 heterocycles. The van der Waals surface area contributed by atoms with Gasteiger partial charge in [0.2, 0.25) is 10.0 Å². The quantitative estimate of drug-likeness (QED) is 0.766. The van der Waals surface area contributed by atoms with E-state index >= 15 is 0 Å². The minimum absolute atomic E-state index is 0.110. The zero-order chi connectivity index (χ0) is 15.8. The van der Waals surface area contributed by atoms with E-state index in [2.05, 4.69) is 0 Å². The number of nitrogens with zero attached hydrogens (tertiary/aromatic N) is 1. The first-order chi connectivity index (χ1) is 9.80. The van der Waals surface area contributed by atoms with Gasteiger partial charge in [-0.2, -0.15) is 4.31 Å². The van der Waals surface area contributed by atoms with Gasteiger partial charge in [-0.05, 0) is 32.2 Å². The number of halogens is 1. The van der Waals surface area contributed by atoms with Crippen molar-refractivity contribution in [2.75, 3.05) is 7.05 Å². The molecule has 0 fully saturated rings. The van der Waals surface area contributed by atoms with Crippen LogP contribution in [0.1, 0.15) is 34.9 Å². The van der Waals surface area contributed by atoms with E-state index in [0.717, 1.165) is 4.88 Å². The normalized spacial score (nSPS) is 13.8. The topological polar surface area (TPSA) is 50.5 Å². The van der Waals surface area contributed by atoms with Crippen molar-refractivity contribution in [1.82, 2.24) is 4.31 Å². The van der Waals surface area contributed by atoms with E-state index in [4.69, 9.17) is 16.0 Å². The molecule has 1 atom stereocenters. The van der Waals surface area contributed by atoms with E-state index in [-0.39, 0.29) is 16.8 Å². The van der Waals surface area contributed by atoms with Crippen molar-refractivity contribution in [3.63, 3.8) is 0 Å². The molecule has 0 aromatic carbocycles. The van der Waals surface area contributed by atoms with Crippen LogP contribution in [-0.4, -0.2) is 19.8 Å². The lowest BCUT2D eigenvalue weighted by molar-refractivity contribution is 0.400. The number of furan rings is 1. The summed E-state index contributed by atoms with van der Waals surface area (Å²) in [5, 5.41) is 1.93. The second-order valence-corrected chi connectivity index (χ2v) is 8.05. The Kier molecular flexibility index (Phi) is 4.82. The highest BCUT2D eigenvalue weighted by molar-refractivity contribution is 7.89. The summed E-state index contributed by atoms with van der Waals surface area (Å²) in [6, 6.07) is 3.60. The zero-order valence-corrected chi connectivity index (χ0v) is 14.8. The van der Waals surface area contributed by atoms with Gasteiger partial charge >= 0.3 is 0 Å². The van der Waals surface area contributed by atoms with Gasteiger partial charge < -0.3 is 4.42 Å². The molecule has 0 amide bonds. The smallest absolute Gasteiger partial charge is 0.247 e. The Labute approximate surface area is 134 Å². The van der Waals surface area contributed by atoms with Crippen molar-refractivity contribution in [3.8, 4) is 0 Å². The Bertz CT molecular complexity index is 720. The van der Waals surface area contributed by atoms with Crippen LogP contribution in [-0.2, 0) is 15.9 Å². The monoisotopic (exact) mass is 347 g/mol. The third kappa shape index (κ3) is 2.90. The fraction of sp³-hybridized carbons (Fsp3) is 0.429. The van der Waals surface area contributed by atoms with Crippen molar-refractivity contribution >= 4 is 33.0 Å². The third-order valence-corrected chi connectivity index (χ3v) is 7.03. The van der Waals surface area contributed by atoms with E-state index in [0.29, 0.717) is 17.1 Å². The largest absolute Gasteiger partial charge is 0.465 e. The van der Waals surface area contributed by atoms with Crippen LogP contribution in [0.2, 0.25) is 0 Å². The lowest BCUT2D eigenvalue weighted by atomic mass is 10.3. The lowest BCUT2D eigenvalue weighted by Crippen LogP contribution is -2.30. The van der Waals surface area contributed by atoms with E-state index in [1.165, 1.54) is 15.6 Å². The van der Waals surface area contributed by atoms with Gasteiger partial charge in [-0.15, -0.1) is 22.9 Å². The molecule has 2 aromatic heterocycles. The summed E-state index contributed by atoms with van der Waals surface area (Å²) in [5.74, 6) is 1.05. The first-order valence-electron chi connectivity index (χ1n) is 6.47. The zero-order valence-electron chi connectivity index (χ0n) is 12.4. The molecule has 0 bridgehead atoms. The first-order valence-corrected chi connectivity index (χ1v) is 9.32. The fourth-order valence-electron chi connectivity index (χ4n) is 2.26. The Morgan fingerprint density at radius 2 is 2.05 bits per heavy atom. The van der Waals surface area contributed by atoms with Crippen molar-refractivity contribution in [1.29, 1.82) is 0 Å². The Morgan fingerprint density at radius 3 is 2.57 bits per heavy atom. The average molecular weight is 348 g/mol. The van der Waals surface area contributed by atoms with Crippen LogP contribution in [0.5, 0.6) is 0 Å². The molecule has 0 radical (unpaired) electrons.